The number of nitrogens with two attached hydrogens (primary N) is 1. The first-order valence-electron chi connectivity index (χ1n) is 6.11. The predicted molar refractivity (Wildman–Crippen MR) is 89.6 cm³/mol. The third kappa shape index (κ3) is 8.20. The third-order valence-electron chi connectivity index (χ3n) is 2.54. The normalized spacial score (nSPS) is 10.1. The molecule has 0 radical (unpaired) electrons. The number of nitrogens with zero attached hydrogens (tertiary/aromatic N) is 2. The third-order valence-corrected chi connectivity index (χ3v) is 4.12. The molecule has 1 heterocycles. The fourth-order valence-corrected chi connectivity index (χ4v) is 2.40. The Labute approximate surface area is 190 Å². The minimum atomic E-state index is -3.52. The molecule has 0 aliphatic heterocycles. The van der Waals surface area contributed by atoms with Gasteiger partial charge in [0.15, 0.2) is 0 Å². The van der Waals surface area contributed by atoms with Crippen molar-refractivity contribution in [2.45, 2.75) is 18.2 Å². The van der Waals surface area contributed by atoms with Gasteiger partial charge in [-0.25, -0.2) is 23.5 Å². The van der Waals surface area contributed by atoms with Gasteiger partial charge in [-0.15, -0.1) is 6.58 Å². The van der Waals surface area contributed by atoms with Crippen LogP contribution in [-0.2, 0) is 16.4 Å². The Morgan fingerprint density at radius 1 is 1.22 bits per heavy atom. The maximum atomic E-state index is 10.7. The van der Waals surface area contributed by atoms with Gasteiger partial charge >= 0.3 is 51.4 Å². The molecule has 0 bridgehead atoms. The Morgan fingerprint density at radius 3 is 2.09 bits per heavy atom. The number of aromatic nitrogens is 2. The molecule has 0 fully saturated rings. The van der Waals surface area contributed by atoms with E-state index in [1.165, 1.54) is 18.5 Å². The maximum absolute atomic E-state index is 10.7. The summed E-state index contributed by atoms with van der Waals surface area (Å²) in [6, 6.07) is 6.40. The molecule has 1 aromatic carbocycles. The molecule has 5 nitrogen and oxygen atoms in total. The van der Waals surface area contributed by atoms with E-state index in [9.17, 15) is 8.42 Å². The number of halogens is 2. The van der Waals surface area contributed by atoms with Gasteiger partial charge in [-0.05, 0) is 25.5 Å². The van der Waals surface area contributed by atoms with E-state index in [1.807, 2.05) is 6.92 Å². The molecular weight excluding hydrogens is 384 g/mol. The van der Waals surface area contributed by atoms with Crippen LogP contribution in [0.15, 0.2) is 48.1 Å². The van der Waals surface area contributed by atoms with Gasteiger partial charge in [-0.1, -0.05) is 47.0 Å². The van der Waals surface area contributed by atoms with Crippen LogP contribution in [0.2, 0.25) is 10.3 Å². The Kier molecular flexibility index (Phi) is 11.0. The summed E-state index contributed by atoms with van der Waals surface area (Å²) in [4.78, 5) is 7.72. The van der Waals surface area contributed by atoms with Crippen molar-refractivity contribution < 1.29 is 61.2 Å². The summed E-state index contributed by atoms with van der Waals surface area (Å²) in [5.41, 5.74) is 1.74. The number of benzene rings is 1. The molecule has 1 aromatic heterocycles. The second kappa shape index (κ2) is 10.9. The molecule has 23 heavy (non-hydrogen) atoms. The molecule has 9 heteroatoms. The summed E-state index contributed by atoms with van der Waals surface area (Å²) in [6.45, 7) is 5.45. The number of rotatable bonds is 3. The first kappa shape index (κ1) is 23.2. The number of primary sulfonamides is 1. The first-order chi connectivity index (χ1) is 10.3. The number of sulfonamides is 1. The van der Waals surface area contributed by atoms with Gasteiger partial charge in [0.05, 0.1) is 4.90 Å². The summed E-state index contributed by atoms with van der Waals surface area (Å²) >= 11 is 11.4. The van der Waals surface area contributed by atoms with Crippen molar-refractivity contribution in [3.8, 4) is 0 Å². The van der Waals surface area contributed by atoms with E-state index in [0.29, 0.717) is 16.7 Å². The Balaban J connectivity index is 0. The zero-order chi connectivity index (χ0) is 16.8. The monoisotopic (exact) mass is 399 g/mol. The standard InChI is InChI=1S/C7H6Cl2N2.C7H9NO2S.K.H/c1-2-3-5-6(8)10-4-11-7(5)9;1-6-2-4-7(5-3-6)11(8,9)10;;/h2,4H,1,3H2;2-5H,1H3,(H2,8,9,10);;/q;;+1;-1. The average molecular weight is 400 g/mol. The van der Waals surface area contributed by atoms with Crippen LogP contribution in [0.4, 0.5) is 0 Å². The summed E-state index contributed by atoms with van der Waals surface area (Å²) in [5.74, 6) is 0. The zero-order valence-corrected chi connectivity index (χ0v) is 18.3. The van der Waals surface area contributed by atoms with Crippen LogP contribution < -0.4 is 56.5 Å². The fraction of sp³-hybridized carbons (Fsp3) is 0.143. The molecule has 0 atom stereocenters. The molecule has 2 rings (SSSR count). The predicted octanol–water partition coefficient (Wildman–Crippen LogP) is 0.271. The second-order valence-electron chi connectivity index (χ2n) is 4.28. The van der Waals surface area contributed by atoms with E-state index in [0.717, 1.165) is 11.1 Å². The molecule has 2 N–H and O–H groups in total. The van der Waals surface area contributed by atoms with E-state index < -0.39 is 10.0 Å². The molecule has 2 aromatic rings. The van der Waals surface area contributed by atoms with Crippen molar-refractivity contribution in [2.75, 3.05) is 0 Å². The molecule has 0 saturated carbocycles. The Morgan fingerprint density at radius 2 is 1.70 bits per heavy atom. The van der Waals surface area contributed by atoms with Gasteiger partial charge < -0.3 is 1.43 Å². The molecule has 0 aliphatic carbocycles. The van der Waals surface area contributed by atoms with E-state index in [-0.39, 0.29) is 57.7 Å². The summed E-state index contributed by atoms with van der Waals surface area (Å²) in [7, 11) is -3.52. The summed E-state index contributed by atoms with van der Waals surface area (Å²) in [6.07, 6.45) is 3.63. The minimum Gasteiger partial charge on any atom is -1.00 e. The van der Waals surface area contributed by atoms with E-state index in [2.05, 4.69) is 16.5 Å². The van der Waals surface area contributed by atoms with Crippen molar-refractivity contribution in [1.29, 1.82) is 0 Å². The van der Waals surface area contributed by atoms with Crippen LogP contribution in [0.3, 0.4) is 0 Å². The molecule has 0 unspecified atom stereocenters. The maximum Gasteiger partial charge on any atom is 1.00 e. The minimum absolute atomic E-state index is 0. The fourth-order valence-electron chi connectivity index (χ4n) is 1.41. The second-order valence-corrected chi connectivity index (χ2v) is 6.56. The first-order valence-corrected chi connectivity index (χ1v) is 8.41. The van der Waals surface area contributed by atoms with Crippen LogP contribution in [0.5, 0.6) is 0 Å². The van der Waals surface area contributed by atoms with Crippen molar-refractivity contribution in [1.82, 2.24) is 9.97 Å². The SMILES string of the molecule is C=CCc1c(Cl)ncnc1Cl.Cc1ccc(S(N)(=O)=O)cc1.[H-].[K+]. The molecular formula is C14H16Cl2KN3O2S. The zero-order valence-electron chi connectivity index (χ0n) is 13.8. The average Bonchev–Trinajstić information content (AvgIpc) is 2.43. The van der Waals surface area contributed by atoms with Gasteiger partial charge in [0.1, 0.15) is 16.6 Å². The number of aryl methyl sites for hydroxylation is 1. The summed E-state index contributed by atoms with van der Waals surface area (Å²) < 4.78 is 21.4. The molecule has 120 valence electrons. The topological polar surface area (TPSA) is 85.9 Å². The van der Waals surface area contributed by atoms with Crippen LogP contribution in [0, 0.1) is 6.92 Å². The van der Waals surface area contributed by atoms with E-state index in [1.54, 1.807) is 18.2 Å². The van der Waals surface area contributed by atoms with E-state index in [4.69, 9.17) is 28.3 Å². The summed E-state index contributed by atoms with van der Waals surface area (Å²) in [5, 5.41) is 5.67. The number of hydrogen-bond donors (Lipinski definition) is 1. The van der Waals surface area contributed by atoms with Gasteiger partial charge in [-0.3, -0.25) is 0 Å². The van der Waals surface area contributed by atoms with Crippen LogP contribution in [0.25, 0.3) is 0 Å². The van der Waals surface area contributed by atoms with Crippen LogP contribution in [0.1, 0.15) is 12.6 Å². The Hall–Kier alpha value is 0.166. The largest absolute Gasteiger partial charge is 1.00 e. The molecule has 0 amide bonds. The van der Waals surface area contributed by atoms with Gasteiger partial charge in [0.2, 0.25) is 10.0 Å². The van der Waals surface area contributed by atoms with Crippen molar-refractivity contribution >= 4 is 33.2 Å². The van der Waals surface area contributed by atoms with Crippen molar-refractivity contribution in [3.05, 3.63) is 64.7 Å². The van der Waals surface area contributed by atoms with Crippen LogP contribution in [-0.4, -0.2) is 18.4 Å². The van der Waals surface area contributed by atoms with E-state index >= 15 is 0 Å². The van der Waals surface area contributed by atoms with Gasteiger partial charge in [0.25, 0.3) is 0 Å². The molecule has 0 aliphatic rings. The van der Waals surface area contributed by atoms with Crippen molar-refractivity contribution in [2.24, 2.45) is 5.14 Å². The molecule has 0 saturated heterocycles. The smallest absolute Gasteiger partial charge is 1.00 e. The quantitative estimate of drug-likeness (QED) is 0.455. The molecule has 0 spiro atoms. The number of hydrogen-bond acceptors (Lipinski definition) is 4. The van der Waals surface area contributed by atoms with Crippen LogP contribution >= 0.6 is 23.2 Å². The van der Waals surface area contributed by atoms with Crippen molar-refractivity contribution in [3.63, 3.8) is 0 Å². The van der Waals surface area contributed by atoms with Gasteiger partial charge in [0, 0.05) is 5.56 Å². The van der Waals surface area contributed by atoms with Gasteiger partial charge in [-0.2, -0.15) is 0 Å². The Bertz CT molecular complexity index is 739. The number of allylic oxidation sites excluding steroid dienone is 1.